The quantitative estimate of drug-likeness (QED) is 0.468. The fourth-order valence-electron chi connectivity index (χ4n) is 4.24. The van der Waals surface area contributed by atoms with E-state index in [4.69, 9.17) is 24.7 Å². The Hall–Kier alpha value is -4.42. The maximum Gasteiger partial charge on any atom is 0.417 e. The van der Waals surface area contributed by atoms with Crippen LogP contribution in [0, 0.1) is 0 Å². The van der Waals surface area contributed by atoms with Crippen molar-refractivity contribution < 1.29 is 33.6 Å². The maximum absolute atomic E-state index is 12.8. The number of cyclic esters (lactones) is 1. The van der Waals surface area contributed by atoms with Crippen molar-refractivity contribution in [1.29, 1.82) is 0 Å². The van der Waals surface area contributed by atoms with Crippen LogP contribution in [0.15, 0.2) is 72.4 Å². The van der Waals surface area contributed by atoms with Crippen molar-refractivity contribution in [2.75, 3.05) is 20.2 Å². The smallest absolute Gasteiger partial charge is 0.417 e. The molecule has 0 aromatic carbocycles. The lowest BCUT2D eigenvalue weighted by Gasteiger charge is -2.23. The molecule has 2 aromatic heterocycles. The third-order valence-electron chi connectivity index (χ3n) is 6.29. The molecule has 0 bridgehead atoms. The Morgan fingerprint density at radius 3 is 3.00 bits per heavy atom. The van der Waals surface area contributed by atoms with Gasteiger partial charge in [0.05, 0.1) is 31.2 Å². The Balaban J connectivity index is 1.18. The summed E-state index contributed by atoms with van der Waals surface area (Å²) in [6.07, 6.45) is 9.24. The van der Waals surface area contributed by atoms with Crippen LogP contribution in [-0.4, -0.2) is 64.3 Å². The molecular formula is C26H27N5O7. The van der Waals surface area contributed by atoms with E-state index in [0.717, 1.165) is 18.4 Å². The number of aromatic nitrogens is 2. The molecule has 4 heterocycles. The van der Waals surface area contributed by atoms with Gasteiger partial charge in [-0.05, 0) is 30.5 Å². The van der Waals surface area contributed by atoms with Crippen molar-refractivity contribution in [2.45, 2.75) is 31.1 Å². The molecule has 12 nitrogen and oxygen atoms in total. The van der Waals surface area contributed by atoms with Gasteiger partial charge in [-0.2, -0.15) is 0 Å². The van der Waals surface area contributed by atoms with Crippen molar-refractivity contribution >= 4 is 23.0 Å². The summed E-state index contributed by atoms with van der Waals surface area (Å²) in [5, 5.41) is 13.5. The summed E-state index contributed by atoms with van der Waals surface area (Å²) in [6.45, 7) is 0.106. The molecule has 198 valence electrons. The SMILES string of the molecule is COc1ccc2nccc([C@H](O)[C@@H](N)C(=O)NC[C@@H]3CN(C4=COC=C(C5=CC=CCC5)O4)C(=O)O3)c2n1. The summed E-state index contributed by atoms with van der Waals surface area (Å²) in [5.74, 6) is 0.421. The van der Waals surface area contributed by atoms with Crippen molar-refractivity contribution in [3.05, 3.63) is 77.9 Å². The lowest BCUT2D eigenvalue weighted by atomic mass is 10.0. The summed E-state index contributed by atoms with van der Waals surface area (Å²) in [5.41, 5.74) is 8.26. The molecule has 0 saturated carbocycles. The van der Waals surface area contributed by atoms with Gasteiger partial charge in [-0.3, -0.25) is 9.78 Å². The minimum atomic E-state index is -1.37. The number of fused-ring (bicyclic) bond motifs is 1. The second-order valence-corrected chi connectivity index (χ2v) is 8.79. The monoisotopic (exact) mass is 521 g/mol. The van der Waals surface area contributed by atoms with Gasteiger partial charge in [0.2, 0.25) is 17.7 Å². The molecule has 5 rings (SSSR count). The zero-order valence-electron chi connectivity index (χ0n) is 20.6. The summed E-state index contributed by atoms with van der Waals surface area (Å²) >= 11 is 0. The van der Waals surface area contributed by atoms with Gasteiger partial charge < -0.3 is 35.1 Å². The highest BCUT2D eigenvalue weighted by atomic mass is 16.6. The van der Waals surface area contributed by atoms with Gasteiger partial charge in [-0.25, -0.2) is 14.7 Å². The van der Waals surface area contributed by atoms with E-state index in [1.54, 1.807) is 18.2 Å². The number of nitrogens with two attached hydrogens (primary N) is 1. The van der Waals surface area contributed by atoms with Crippen LogP contribution < -0.4 is 15.8 Å². The number of aliphatic hydroxyl groups is 1. The number of hydrogen-bond donors (Lipinski definition) is 3. The van der Waals surface area contributed by atoms with E-state index < -0.39 is 30.3 Å². The second kappa shape index (κ2) is 10.9. The van der Waals surface area contributed by atoms with E-state index in [0.29, 0.717) is 28.2 Å². The highest BCUT2D eigenvalue weighted by molar-refractivity contribution is 5.85. The number of allylic oxidation sites excluding steroid dienone is 4. The number of carbonyl (C=O) groups is 2. The molecule has 1 fully saturated rings. The first-order valence-corrected chi connectivity index (χ1v) is 12.0. The number of nitrogens with one attached hydrogen (secondary N) is 1. The Labute approximate surface area is 218 Å². The average Bonchev–Trinajstić information content (AvgIpc) is 3.35. The second-order valence-electron chi connectivity index (χ2n) is 8.79. The fourth-order valence-corrected chi connectivity index (χ4v) is 4.24. The molecule has 2 amide bonds. The number of rotatable bonds is 8. The lowest BCUT2D eigenvalue weighted by molar-refractivity contribution is -0.125. The Morgan fingerprint density at radius 1 is 1.34 bits per heavy atom. The molecule has 0 spiro atoms. The molecule has 12 heteroatoms. The van der Waals surface area contributed by atoms with Crippen LogP contribution in [0.1, 0.15) is 24.5 Å². The van der Waals surface area contributed by atoms with E-state index in [9.17, 15) is 14.7 Å². The third kappa shape index (κ3) is 5.17. The third-order valence-corrected chi connectivity index (χ3v) is 6.29. The number of pyridine rings is 2. The molecule has 3 atom stereocenters. The van der Waals surface area contributed by atoms with E-state index in [-0.39, 0.29) is 19.0 Å². The van der Waals surface area contributed by atoms with Crippen LogP contribution in [0.3, 0.4) is 0 Å². The van der Waals surface area contributed by atoms with Gasteiger partial charge in [-0.1, -0.05) is 18.2 Å². The van der Waals surface area contributed by atoms with E-state index in [1.165, 1.54) is 30.7 Å². The highest BCUT2D eigenvalue weighted by Crippen LogP contribution is 2.29. The average molecular weight is 522 g/mol. The number of amides is 2. The molecule has 3 aliphatic rings. The topological polar surface area (TPSA) is 158 Å². The minimum Gasteiger partial charge on any atom is -0.481 e. The number of hydrogen-bond acceptors (Lipinski definition) is 10. The van der Waals surface area contributed by atoms with Crippen LogP contribution in [-0.2, 0) is 19.0 Å². The Morgan fingerprint density at radius 2 is 2.21 bits per heavy atom. The fraction of sp³-hybridized carbons (Fsp3) is 0.308. The summed E-state index contributed by atoms with van der Waals surface area (Å²) < 4.78 is 21.8. The van der Waals surface area contributed by atoms with Crippen LogP contribution in [0.5, 0.6) is 5.88 Å². The molecule has 0 radical (unpaired) electrons. The standard InChI is InChI=1S/C26H27N5O7/c1-35-20-8-7-18-23(30-20)17(9-10-28-18)24(32)22(27)25(33)29-11-16-12-31(26(34)37-16)21-14-36-13-19(38-21)15-5-3-2-4-6-15/h2-3,5,7-10,13-14,16,22,24,32H,4,6,11-12,27H2,1H3,(H,29,33)/t16-,22-,24+/m1/s1. The van der Waals surface area contributed by atoms with Crippen molar-refractivity contribution in [2.24, 2.45) is 5.73 Å². The molecule has 2 aromatic rings. The first-order valence-electron chi connectivity index (χ1n) is 12.0. The van der Waals surface area contributed by atoms with Crippen LogP contribution in [0.2, 0.25) is 0 Å². The highest BCUT2D eigenvalue weighted by Gasteiger charge is 2.37. The number of methoxy groups -OCH3 is 1. The van der Waals surface area contributed by atoms with Crippen LogP contribution >= 0.6 is 0 Å². The van der Waals surface area contributed by atoms with Gasteiger partial charge in [-0.15, -0.1) is 0 Å². The summed E-state index contributed by atoms with van der Waals surface area (Å²) in [6, 6.07) is 3.57. The zero-order valence-corrected chi connectivity index (χ0v) is 20.6. The van der Waals surface area contributed by atoms with Crippen LogP contribution in [0.25, 0.3) is 11.0 Å². The molecule has 4 N–H and O–H groups in total. The lowest BCUT2D eigenvalue weighted by Crippen LogP contribution is -2.47. The van der Waals surface area contributed by atoms with Crippen molar-refractivity contribution in [3.8, 4) is 5.88 Å². The zero-order chi connectivity index (χ0) is 26.6. The molecule has 38 heavy (non-hydrogen) atoms. The Bertz CT molecular complexity index is 1370. The predicted octanol–water partition coefficient (Wildman–Crippen LogP) is 1.90. The predicted molar refractivity (Wildman–Crippen MR) is 134 cm³/mol. The normalized spacial score (nSPS) is 20.4. The molecular weight excluding hydrogens is 494 g/mol. The van der Waals surface area contributed by atoms with Gasteiger partial charge >= 0.3 is 6.09 Å². The molecule has 1 aliphatic carbocycles. The minimum absolute atomic E-state index is 0.0164. The number of ether oxygens (including phenoxy) is 4. The Kier molecular flexibility index (Phi) is 7.24. The van der Waals surface area contributed by atoms with Gasteiger partial charge in [0.1, 0.15) is 24.5 Å². The van der Waals surface area contributed by atoms with Crippen molar-refractivity contribution in [1.82, 2.24) is 20.2 Å². The van der Waals surface area contributed by atoms with Gasteiger partial charge in [0, 0.05) is 17.8 Å². The first-order chi connectivity index (χ1) is 18.4. The number of nitrogens with zero attached hydrogens (tertiary/aromatic N) is 3. The molecule has 2 aliphatic heterocycles. The molecule has 0 unspecified atom stereocenters. The van der Waals surface area contributed by atoms with E-state index in [1.807, 2.05) is 12.2 Å². The number of aliphatic hydroxyl groups excluding tert-OH is 1. The van der Waals surface area contributed by atoms with Gasteiger partial charge in [0.15, 0.2) is 12.0 Å². The van der Waals surface area contributed by atoms with E-state index in [2.05, 4.69) is 21.4 Å². The summed E-state index contributed by atoms with van der Waals surface area (Å²) in [7, 11) is 1.47. The first kappa shape index (κ1) is 25.2. The largest absolute Gasteiger partial charge is 0.481 e. The van der Waals surface area contributed by atoms with Gasteiger partial charge in [0.25, 0.3) is 0 Å². The van der Waals surface area contributed by atoms with Crippen LogP contribution in [0.4, 0.5) is 4.79 Å². The van der Waals surface area contributed by atoms with E-state index >= 15 is 0 Å². The number of carbonyl (C=O) groups excluding carboxylic acids is 2. The summed E-state index contributed by atoms with van der Waals surface area (Å²) in [4.78, 5) is 35.1. The van der Waals surface area contributed by atoms with Crippen molar-refractivity contribution in [3.63, 3.8) is 0 Å². The maximum atomic E-state index is 12.8. The molecule has 1 saturated heterocycles.